The first kappa shape index (κ1) is 28.9. The van der Waals surface area contributed by atoms with Crippen LogP contribution in [0.15, 0.2) is 36.9 Å². The summed E-state index contributed by atoms with van der Waals surface area (Å²) in [4.78, 5) is 23.3. The van der Waals surface area contributed by atoms with E-state index in [4.69, 9.17) is 18.9 Å². The maximum absolute atomic E-state index is 11.9. The van der Waals surface area contributed by atoms with Crippen molar-refractivity contribution in [2.45, 2.75) is 68.3 Å². The molecule has 2 heterocycles. The van der Waals surface area contributed by atoms with E-state index in [1.54, 1.807) is 0 Å². The molecule has 14 nitrogen and oxygen atoms in total. The summed E-state index contributed by atoms with van der Waals surface area (Å²) in [5.74, 6) is -0.707. The number of amides is 2. The second-order valence-electron chi connectivity index (χ2n) is 8.58. The normalized spacial score (nSPS) is 35.9. The number of aliphatic hydroxyl groups excluding tert-OH is 6. The molecule has 1 aromatic rings. The number of carbonyl (C=O) groups is 2. The van der Waals surface area contributed by atoms with Crippen molar-refractivity contribution in [2.24, 2.45) is 0 Å². The van der Waals surface area contributed by atoms with Crippen molar-refractivity contribution in [1.82, 2.24) is 5.32 Å². The minimum atomic E-state index is -1.77. The summed E-state index contributed by atoms with van der Waals surface area (Å²) in [7, 11) is 0. The summed E-state index contributed by atoms with van der Waals surface area (Å²) < 4.78 is 22.5. The molecule has 2 aliphatic heterocycles. The predicted octanol–water partition coefficient (Wildman–Crippen LogP) is -3.04. The van der Waals surface area contributed by atoms with Crippen molar-refractivity contribution in [3.8, 4) is 5.75 Å². The van der Waals surface area contributed by atoms with Gasteiger partial charge in [-0.25, -0.2) is 0 Å². The monoisotopic (exact) mass is 528 g/mol. The number of rotatable bonds is 9. The van der Waals surface area contributed by atoms with E-state index in [1.165, 1.54) is 31.2 Å². The summed E-state index contributed by atoms with van der Waals surface area (Å²) in [6.45, 7) is 3.19. The summed E-state index contributed by atoms with van der Waals surface area (Å²) in [6.07, 6.45) is -12.4. The van der Waals surface area contributed by atoms with Crippen LogP contribution in [-0.2, 0) is 23.8 Å². The van der Waals surface area contributed by atoms with Crippen LogP contribution in [0.25, 0.3) is 0 Å². The molecule has 14 heteroatoms. The van der Waals surface area contributed by atoms with Gasteiger partial charge in [-0.2, -0.15) is 0 Å². The third kappa shape index (κ3) is 6.81. The van der Waals surface area contributed by atoms with Crippen LogP contribution in [0, 0.1) is 0 Å². The molecule has 0 aromatic heterocycles. The van der Waals surface area contributed by atoms with E-state index in [2.05, 4.69) is 17.2 Å². The van der Waals surface area contributed by atoms with Crippen molar-refractivity contribution in [3.63, 3.8) is 0 Å². The Labute approximate surface area is 212 Å². The van der Waals surface area contributed by atoms with Crippen LogP contribution in [0.1, 0.15) is 6.92 Å². The summed E-state index contributed by atoms with van der Waals surface area (Å²) >= 11 is 0. The van der Waals surface area contributed by atoms with E-state index in [0.717, 1.165) is 6.08 Å². The molecule has 0 saturated carbocycles. The van der Waals surface area contributed by atoms with Gasteiger partial charge >= 0.3 is 0 Å². The zero-order valence-corrected chi connectivity index (χ0v) is 19.9. The molecule has 2 amide bonds. The topological polar surface area (TPSA) is 216 Å². The van der Waals surface area contributed by atoms with Crippen molar-refractivity contribution in [2.75, 3.05) is 18.5 Å². The molecule has 37 heavy (non-hydrogen) atoms. The summed E-state index contributed by atoms with van der Waals surface area (Å²) in [5, 5.41) is 65.8. The van der Waals surface area contributed by atoms with Gasteiger partial charge in [-0.1, -0.05) is 6.58 Å². The Hall–Kier alpha value is -2.66. The maximum Gasteiger partial charge on any atom is 0.247 e. The van der Waals surface area contributed by atoms with Gasteiger partial charge in [0, 0.05) is 12.6 Å². The molecule has 3 rings (SSSR count). The zero-order valence-electron chi connectivity index (χ0n) is 19.9. The van der Waals surface area contributed by atoms with Crippen LogP contribution < -0.4 is 15.4 Å². The molecule has 1 aromatic carbocycles. The first-order chi connectivity index (χ1) is 17.6. The molecule has 206 valence electrons. The van der Waals surface area contributed by atoms with Crippen LogP contribution in [0.5, 0.6) is 5.75 Å². The van der Waals surface area contributed by atoms with Crippen LogP contribution in [0.4, 0.5) is 5.69 Å². The summed E-state index contributed by atoms with van der Waals surface area (Å²) in [5.41, 5.74) is 0.460. The highest BCUT2D eigenvalue weighted by atomic mass is 16.7. The van der Waals surface area contributed by atoms with Crippen molar-refractivity contribution in [1.29, 1.82) is 0 Å². The molecule has 0 bridgehead atoms. The van der Waals surface area contributed by atoms with Gasteiger partial charge in [-0.15, -0.1) is 0 Å². The van der Waals surface area contributed by atoms with Crippen LogP contribution >= 0.6 is 0 Å². The van der Waals surface area contributed by atoms with Gasteiger partial charge < -0.3 is 60.2 Å². The lowest BCUT2D eigenvalue weighted by Gasteiger charge is -2.47. The fourth-order valence-corrected chi connectivity index (χ4v) is 4.00. The van der Waals surface area contributed by atoms with E-state index in [1.807, 2.05) is 0 Å². The minimum absolute atomic E-state index is 0.245. The van der Waals surface area contributed by atoms with Crippen LogP contribution in [0.3, 0.4) is 0 Å². The maximum atomic E-state index is 11.9. The molecule has 0 aliphatic carbocycles. The smallest absolute Gasteiger partial charge is 0.247 e. The Morgan fingerprint density at radius 3 is 2.14 bits per heavy atom. The van der Waals surface area contributed by atoms with Gasteiger partial charge in [0.15, 0.2) is 6.29 Å². The van der Waals surface area contributed by atoms with Crippen LogP contribution in [-0.4, -0.2) is 117 Å². The Balaban J connectivity index is 1.78. The second-order valence-corrected chi connectivity index (χ2v) is 8.58. The van der Waals surface area contributed by atoms with Crippen LogP contribution in [0.2, 0.25) is 0 Å². The molecule has 0 unspecified atom stereocenters. The molecule has 2 saturated heterocycles. The lowest BCUT2D eigenvalue weighted by Crippen LogP contribution is -2.68. The van der Waals surface area contributed by atoms with E-state index >= 15 is 0 Å². The van der Waals surface area contributed by atoms with Gasteiger partial charge in [0.2, 0.25) is 18.1 Å². The van der Waals surface area contributed by atoms with Crippen molar-refractivity contribution >= 4 is 17.5 Å². The molecular formula is C23H32N2O12. The lowest BCUT2D eigenvalue weighted by molar-refractivity contribution is -0.343. The third-order valence-electron chi connectivity index (χ3n) is 5.92. The van der Waals surface area contributed by atoms with E-state index in [0.29, 0.717) is 5.69 Å². The minimum Gasteiger partial charge on any atom is -0.463 e. The van der Waals surface area contributed by atoms with Crippen molar-refractivity contribution in [3.05, 3.63) is 36.9 Å². The average Bonchev–Trinajstić information content (AvgIpc) is 2.88. The Morgan fingerprint density at radius 1 is 0.946 bits per heavy atom. The van der Waals surface area contributed by atoms with Gasteiger partial charge in [-0.3, -0.25) is 9.59 Å². The first-order valence-electron chi connectivity index (χ1n) is 11.5. The van der Waals surface area contributed by atoms with E-state index in [-0.39, 0.29) is 5.75 Å². The van der Waals surface area contributed by atoms with Crippen molar-refractivity contribution < 1.29 is 59.2 Å². The summed E-state index contributed by atoms with van der Waals surface area (Å²) in [6, 6.07) is 4.86. The second kappa shape index (κ2) is 12.7. The fraction of sp³-hybridized carbons (Fsp3) is 0.565. The predicted molar refractivity (Wildman–Crippen MR) is 124 cm³/mol. The lowest BCUT2D eigenvalue weighted by atomic mass is 9.95. The quantitative estimate of drug-likeness (QED) is 0.150. The highest BCUT2D eigenvalue weighted by Gasteiger charge is 2.51. The average molecular weight is 529 g/mol. The molecular weight excluding hydrogens is 496 g/mol. The zero-order chi connectivity index (χ0) is 27.3. The van der Waals surface area contributed by atoms with Gasteiger partial charge in [0.1, 0.15) is 54.5 Å². The number of nitrogens with one attached hydrogen (secondary N) is 2. The number of aliphatic hydroxyl groups is 6. The SMILES string of the molecule is C=CC(=O)Nc1ccc(O[C@@H]2O[C@H](CO)[C@@H](O[C@@H]3O[C@H](CO)[C@H](O)[C@H](O)[C@H]3O)[C@H](O)[C@H]2NC(C)=O)cc1. The molecule has 2 fully saturated rings. The standard InChI is InChI=1S/C23H32N2O12/c1-3-15(29)25-11-4-6-12(7-5-11)34-22-16(24-10(2)28)18(31)21(14(9-27)36-22)37-23-20(33)19(32)17(30)13(8-26)35-23/h3-7,13-14,16-23,26-27,30-33H,1,8-9H2,2H3,(H,24,28)(H,25,29)/t13-,14-,16-,17+,18-,19+,20-,21-,22-,23+/m1/s1. The molecule has 2 aliphatic rings. The largest absolute Gasteiger partial charge is 0.463 e. The Kier molecular flexibility index (Phi) is 9.94. The number of ether oxygens (including phenoxy) is 4. The molecule has 10 atom stereocenters. The number of benzene rings is 1. The highest BCUT2D eigenvalue weighted by molar-refractivity contribution is 5.98. The number of anilines is 1. The number of carbonyl (C=O) groups excluding carboxylic acids is 2. The van der Waals surface area contributed by atoms with E-state index in [9.17, 15) is 40.2 Å². The molecule has 0 spiro atoms. The van der Waals surface area contributed by atoms with E-state index < -0.39 is 86.4 Å². The Bertz CT molecular complexity index is 929. The third-order valence-corrected chi connectivity index (χ3v) is 5.92. The number of hydrogen-bond acceptors (Lipinski definition) is 12. The van der Waals surface area contributed by atoms with Gasteiger partial charge in [-0.05, 0) is 30.3 Å². The molecule has 0 radical (unpaired) electrons. The van der Waals surface area contributed by atoms with Gasteiger partial charge in [0.25, 0.3) is 0 Å². The highest BCUT2D eigenvalue weighted by Crippen LogP contribution is 2.30. The first-order valence-corrected chi connectivity index (χ1v) is 11.5. The molecule has 8 N–H and O–H groups in total. The fourth-order valence-electron chi connectivity index (χ4n) is 4.00. The van der Waals surface area contributed by atoms with Gasteiger partial charge in [0.05, 0.1) is 13.2 Å². The Morgan fingerprint density at radius 2 is 1.57 bits per heavy atom. The number of hydrogen-bond donors (Lipinski definition) is 8.